The Morgan fingerprint density at radius 1 is 1.17 bits per heavy atom. The summed E-state index contributed by atoms with van der Waals surface area (Å²) in [6.07, 6.45) is 1.53. The van der Waals surface area contributed by atoms with E-state index in [9.17, 15) is 9.59 Å². The van der Waals surface area contributed by atoms with Crippen LogP contribution in [0.4, 0.5) is 22.5 Å². The monoisotopic (exact) mass is 603 g/mol. The van der Waals surface area contributed by atoms with Crippen LogP contribution in [0.1, 0.15) is 34.9 Å². The SMILES string of the molecule is CC(C)[C@H](N)C(N)=O.Cc1nc(Nc2ncc(C(=O)Nc3c(C)cccc3Cl)s2)cc(N2CCN(CCO)CC2)n1. The minimum Gasteiger partial charge on any atom is -0.395 e. The van der Waals surface area contributed by atoms with Gasteiger partial charge in [0.05, 0.1) is 29.6 Å². The largest absolute Gasteiger partial charge is 0.395 e. The fourth-order valence-corrected chi connectivity index (χ4v) is 4.95. The summed E-state index contributed by atoms with van der Waals surface area (Å²) in [5.41, 5.74) is 11.6. The molecule has 0 saturated carbocycles. The standard InChI is InChI=1S/C22H26ClN7O2S.C5H12N2O/c1-14-4-3-5-16(23)20(14)28-21(32)17-13-24-22(33-17)27-18-12-19(26-15(2)25-18)30-8-6-29(7-9-30)10-11-31;1-3(2)4(6)5(7)8/h3-5,12-13,31H,6-11H2,1-2H3,(H,28,32)(H,24,25,26,27);3-4H,6H2,1-2H3,(H2,7,8)/t;4-/m.0/s1. The molecular weight excluding hydrogens is 566 g/mol. The number of carbonyl (C=O) groups is 2. The third kappa shape index (κ3) is 9.33. The molecule has 14 heteroatoms. The van der Waals surface area contributed by atoms with Crippen molar-refractivity contribution in [1.82, 2.24) is 19.9 Å². The number of carbonyl (C=O) groups excluding carboxylic acids is 2. The van der Waals surface area contributed by atoms with Crippen molar-refractivity contribution < 1.29 is 14.7 Å². The second kappa shape index (κ2) is 15.0. The first-order chi connectivity index (χ1) is 19.5. The highest BCUT2D eigenvalue weighted by molar-refractivity contribution is 7.17. The summed E-state index contributed by atoms with van der Waals surface area (Å²) in [5, 5.41) is 16.2. The Morgan fingerprint density at radius 2 is 1.88 bits per heavy atom. The lowest BCUT2D eigenvalue weighted by Gasteiger charge is -2.35. The number of thiazole rings is 1. The van der Waals surface area contributed by atoms with Crippen molar-refractivity contribution in [1.29, 1.82) is 0 Å². The lowest BCUT2D eigenvalue weighted by atomic mass is 10.1. The molecule has 2 amide bonds. The summed E-state index contributed by atoms with van der Waals surface area (Å²) in [6.45, 7) is 11.7. The van der Waals surface area contributed by atoms with Gasteiger partial charge >= 0.3 is 0 Å². The van der Waals surface area contributed by atoms with Gasteiger partial charge in [0.1, 0.15) is 22.3 Å². The average molecular weight is 604 g/mol. The van der Waals surface area contributed by atoms with Gasteiger partial charge in [0.15, 0.2) is 5.13 Å². The smallest absolute Gasteiger partial charge is 0.267 e. The molecule has 222 valence electrons. The molecule has 1 aromatic carbocycles. The van der Waals surface area contributed by atoms with Crippen LogP contribution in [0.5, 0.6) is 0 Å². The zero-order valence-corrected chi connectivity index (χ0v) is 25.3. The van der Waals surface area contributed by atoms with Crippen LogP contribution in [0.15, 0.2) is 30.5 Å². The van der Waals surface area contributed by atoms with E-state index in [-0.39, 0.29) is 18.4 Å². The number of anilines is 4. The van der Waals surface area contributed by atoms with Crippen LogP contribution < -0.4 is 27.0 Å². The van der Waals surface area contributed by atoms with E-state index in [0.717, 1.165) is 37.6 Å². The number of hydrogen-bond donors (Lipinski definition) is 5. The minimum atomic E-state index is -0.491. The molecule has 2 aromatic heterocycles. The third-order valence-electron chi connectivity index (χ3n) is 6.41. The number of aromatic nitrogens is 3. The fourth-order valence-electron chi connectivity index (χ4n) is 3.96. The van der Waals surface area contributed by atoms with E-state index < -0.39 is 11.9 Å². The Labute approximate surface area is 249 Å². The summed E-state index contributed by atoms with van der Waals surface area (Å²) >= 11 is 7.46. The molecule has 0 spiro atoms. The highest BCUT2D eigenvalue weighted by Gasteiger charge is 2.19. The van der Waals surface area contributed by atoms with Crippen LogP contribution in [-0.4, -0.2) is 82.1 Å². The number of benzene rings is 1. The lowest BCUT2D eigenvalue weighted by molar-refractivity contribution is -0.120. The first-order valence-electron chi connectivity index (χ1n) is 13.3. The molecule has 0 radical (unpaired) electrons. The highest BCUT2D eigenvalue weighted by Crippen LogP contribution is 2.28. The van der Waals surface area contributed by atoms with Crippen molar-refractivity contribution >= 4 is 57.2 Å². The number of primary amides is 1. The van der Waals surface area contributed by atoms with Gasteiger partial charge in [-0.2, -0.15) is 0 Å². The number of para-hydroxylation sites is 1. The van der Waals surface area contributed by atoms with Crippen LogP contribution in [0.25, 0.3) is 0 Å². The van der Waals surface area contributed by atoms with Crippen molar-refractivity contribution in [2.75, 3.05) is 54.9 Å². The van der Waals surface area contributed by atoms with E-state index in [0.29, 0.717) is 38.9 Å². The average Bonchev–Trinajstić information content (AvgIpc) is 3.39. The van der Waals surface area contributed by atoms with Crippen molar-refractivity contribution in [3.63, 3.8) is 0 Å². The third-order valence-corrected chi connectivity index (χ3v) is 7.64. The van der Waals surface area contributed by atoms with Gasteiger partial charge < -0.3 is 32.1 Å². The Morgan fingerprint density at radius 3 is 2.46 bits per heavy atom. The van der Waals surface area contributed by atoms with Crippen LogP contribution in [0, 0.1) is 19.8 Å². The zero-order chi connectivity index (χ0) is 30.1. The van der Waals surface area contributed by atoms with Crippen LogP contribution in [0.2, 0.25) is 5.02 Å². The number of rotatable bonds is 9. The molecule has 0 unspecified atom stereocenters. The summed E-state index contributed by atoms with van der Waals surface area (Å²) in [4.78, 5) is 41.2. The topological polar surface area (TPSA) is 176 Å². The molecule has 7 N–H and O–H groups in total. The van der Waals surface area contributed by atoms with Gasteiger partial charge in [-0.1, -0.05) is 48.9 Å². The summed E-state index contributed by atoms with van der Waals surface area (Å²) < 4.78 is 0. The first-order valence-corrected chi connectivity index (χ1v) is 14.5. The molecule has 1 fully saturated rings. The Balaban J connectivity index is 0.000000507. The number of amides is 2. The number of aryl methyl sites for hydroxylation is 2. The number of nitrogens with zero attached hydrogens (tertiary/aromatic N) is 5. The van der Waals surface area contributed by atoms with Gasteiger partial charge in [0.2, 0.25) is 5.91 Å². The second-order valence-corrected chi connectivity index (χ2v) is 11.4. The van der Waals surface area contributed by atoms with Gasteiger partial charge in [-0.25, -0.2) is 15.0 Å². The molecule has 1 saturated heterocycles. The first kappa shape index (κ1) is 32.2. The molecule has 41 heavy (non-hydrogen) atoms. The van der Waals surface area contributed by atoms with Gasteiger partial charge in [-0.05, 0) is 31.4 Å². The molecule has 1 atom stereocenters. The zero-order valence-electron chi connectivity index (χ0n) is 23.7. The predicted molar refractivity (Wildman–Crippen MR) is 164 cm³/mol. The lowest BCUT2D eigenvalue weighted by Crippen LogP contribution is -2.47. The van der Waals surface area contributed by atoms with Gasteiger partial charge in [-0.15, -0.1) is 0 Å². The molecule has 0 bridgehead atoms. The van der Waals surface area contributed by atoms with E-state index in [1.54, 1.807) is 6.07 Å². The summed E-state index contributed by atoms with van der Waals surface area (Å²) in [7, 11) is 0. The van der Waals surface area contributed by atoms with E-state index in [4.69, 9.17) is 28.2 Å². The molecule has 1 aliphatic rings. The highest BCUT2D eigenvalue weighted by atomic mass is 35.5. The molecule has 1 aliphatic heterocycles. The van der Waals surface area contributed by atoms with Crippen molar-refractivity contribution in [3.05, 3.63) is 51.7 Å². The number of aliphatic hydroxyl groups is 1. The summed E-state index contributed by atoms with van der Waals surface area (Å²) in [5.74, 6) is 1.57. The molecule has 0 aliphatic carbocycles. The van der Waals surface area contributed by atoms with Crippen LogP contribution >= 0.6 is 22.9 Å². The minimum absolute atomic E-state index is 0.146. The van der Waals surface area contributed by atoms with Gasteiger partial charge in [-0.3, -0.25) is 14.5 Å². The van der Waals surface area contributed by atoms with Crippen LogP contribution in [-0.2, 0) is 4.79 Å². The number of halogens is 1. The summed E-state index contributed by atoms with van der Waals surface area (Å²) in [6, 6.07) is 6.88. The van der Waals surface area contributed by atoms with Crippen molar-refractivity contribution in [3.8, 4) is 0 Å². The number of β-amino-alcohol motifs (C(OH)–C–C–N with tert-alkyl or cyclic N) is 1. The number of hydrogen-bond acceptors (Lipinski definition) is 11. The normalized spacial score (nSPS) is 14.3. The molecule has 12 nitrogen and oxygen atoms in total. The quantitative estimate of drug-likeness (QED) is 0.244. The van der Waals surface area contributed by atoms with E-state index in [2.05, 4.69) is 35.4 Å². The Bertz CT molecular complexity index is 1310. The number of piperazine rings is 1. The van der Waals surface area contributed by atoms with Crippen molar-refractivity contribution in [2.45, 2.75) is 33.7 Å². The second-order valence-electron chi connectivity index (χ2n) is 9.92. The number of nitrogens with two attached hydrogens (primary N) is 2. The molecule has 3 heterocycles. The Hall–Kier alpha value is -3.36. The fraction of sp³-hybridized carbons (Fsp3) is 0.444. The molecule has 4 rings (SSSR count). The van der Waals surface area contributed by atoms with E-state index in [1.165, 1.54) is 17.5 Å². The van der Waals surface area contributed by atoms with Gasteiger partial charge in [0.25, 0.3) is 5.91 Å². The number of aliphatic hydroxyl groups excluding tert-OH is 1. The maximum Gasteiger partial charge on any atom is 0.267 e. The maximum absolute atomic E-state index is 12.7. The molecule has 3 aromatic rings. The van der Waals surface area contributed by atoms with Gasteiger partial charge in [0, 0.05) is 38.8 Å². The number of nitrogens with one attached hydrogen (secondary N) is 2. The predicted octanol–water partition coefficient (Wildman–Crippen LogP) is 2.77. The van der Waals surface area contributed by atoms with Crippen molar-refractivity contribution in [2.24, 2.45) is 17.4 Å². The van der Waals surface area contributed by atoms with Crippen LogP contribution in [0.3, 0.4) is 0 Å². The molecular formula is C27H38ClN9O3S. The Kier molecular flexibility index (Phi) is 11.8. The van der Waals surface area contributed by atoms with E-state index in [1.807, 2.05) is 45.9 Å². The maximum atomic E-state index is 12.7. The van der Waals surface area contributed by atoms with E-state index >= 15 is 0 Å².